The van der Waals surface area contributed by atoms with Gasteiger partial charge >= 0.3 is 12.1 Å². The van der Waals surface area contributed by atoms with Gasteiger partial charge in [0.25, 0.3) is 5.56 Å². The van der Waals surface area contributed by atoms with Crippen LogP contribution in [0.5, 0.6) is 0 Å². The van der Waals surface area contributed by atoms with Gasteiger partial charge in [-0.1, -0.05) is 47.2 Å². The molecular weight excluding hydrogens is 553 g/mol. The molecule has 11 heteroatoms. The topological polar surface area (TPSA) is 73.8 Å². The van der Waals surface area contributed by atoms with E-state index in [-0.39, 0.29) is 33.8 Å². The van der Waals surface area contributed by atoms with E-state index in [1.165, 1.54) is 28.8 Å². The van der Waals surface area contributed by atoms with Crippen LogP contribution in [-0.4, -0.2) is 17.1 Å². The summed E-state index contributed by atoms with van der Waals surface area (Å²) in [5.74, 6) is -0.0820. The third-order valence-electron chi connectivity index (χ3n) is 6.08. The third-order valence-corrected chi connectivity index (χ3v) is 7.31. The van der Waals surface area contributed by atoms with E-state index in [1.54, 1.807) is 44.2 Å². The molecule has 0 fully saturated rings. The predicted molar refractivity (Wildman–Crippen MR) is 141 cm³/mol. The van der Waals surface area contributed by atoms with Gasteiger partial charge in [-0.15, -0.1) is 0 Å². The summed E-state index contributed by atoms with van der Waals surface area (Å²) in [6.07, 6.45) is -2.98. The quantitative estimate of drug-likeness (QED) is 0.286. The smallest absolute Gasteiger partial charge is 0.416 e. The zero-order valence-corrected chi connectivity index (χ0v) is 22.2. The second kappa shape index (κ2) is 10.3. The van der Waals surface area contributed by atoms with Gasteiger partial charge < -0.3 is 9.15 Å². The Morgan fingerprint density at radius 1 is 1.18 bits per heavy atom. The first-order chi connectivity index (χ1) is 18.6. The van der Waals surface area contributed by atoms with Gasteiger partial charge in [-0.3, -0.25) is 9.36 Å². The van der Waals surface area contributed by atoms with Crippen LogP contribution in [0.25, 0.3) is 17.4 Å². The van der Waals surface area contributed by atoms with Gasteiger partial charge in [-0.2, -0.15) is 13.2 Å². The third kappa shape index (κ3) is 5.22. The number of aromatic nitrogens is 1. The summed E-state index contributed by atoms with van der Waals surface area (Å²) in [5, 5.41) is 0.499. The Labute approximate surface area is 228 Å². The lowest BCUT2D eigenvalue weighted by Crippen LogP contribution is -2.39. The van der Waals surface area contributed by atoms with Crippen molar-refractivity contribution in [2.45, 2.75) is 26.1 Å². The minimum Gasteiger partial charge on any atom is -0.463 e. The summed E-state index contributed by atoms with van der Waals surface area (Å²) in [7, 11) is 0. The number of hydrogen-bond acceptors (Lipinski definition) is 6. The van der Waals surface area contributed by atoms with Crippen molar-refractivity contribution in [3.05, 3.63) is 114 Å². The Bertz CT molecular complexity index is 1780. The van der Waals surface area contributed by atoms with Crippen LogP contribution in [0.1, 0.15) is 36.8 Å². The van der Waals surface area contributed by atoms with E-state index >= 15 is 0 Å². The van der Waals surface area contributed by atoms with Crippen LogP contribution in [-0.2, 0) is 15.7 Å². The lowest BCUT2D eigenvalue weighted by molar-refractivity contribution is -0.139. The molecule has 0 spiro atoms. The van der Waals surface area contributed by atoms with Crippen molar-refractivity contribution in [1.82, 2.24) is 4.57 Å². The van der Waals surface area contributed by atoms with Gasteiger partial charge in [-0.05, 0) is 55.8 Å². The molecule has 4 aromatic rings. The summed E-state index contributed by atoms with van der Waals surface area (Å²) in [4.78, 5) is 31.5. The minimum absolute atomic E-state index is 0.153. The molecule has 0 amide bonds. The van der Waals surface area contributed by atoms with Crippen molar-refractivity contribution in [2.24, 2.45) is 4.99 Å². The van der Waals surface area contributed by atoms with Crippen LogP contribution in [0.15, 0.2) is 86.1 Å². The standard InChI is InChI=1S/C28H20ClF3N2O4S/c1-3-37-26(36)23-15(2)33-27-34(24(23)16-7-9-19(29)10-8-16)25(35)22(39-27)14-20-11-12-21(38-20)17-5-4-6-18(13-17)28(30,31)32/h4-14,24H,3H2,1-2H3. The number of carbonyl (C=O) groups excluding carboxylic acids is 1. The minimum atomic E-state index is -4.49. The molecular formula is C28H20ClF3N2O4S. The highest BCUT2D eigenvalue weighted by atomic mass is 35.5. The van der Waals surface area contributed by atoms with Gasteiger partial charge in [0, 0.05) is 16.7 Å². The van der Waals surface area contributed by atoms with E-state index in [1.807, 2.05) is 0 Å². The molecule has 3 heterocycles. The molecule has 1 aliphatic rings. The molecule has 2 aromatic heterocycles. The molecule has 39 heavy (non-hydrogen) atoms. The first-order valence-electron chi connectivity index (χ1n) is 11.8. The lowest BCUT2D eigenvalue weighted by Gasteiger charge is -2.24. The van der Waals surface area contributed by atoms with Crippen LogP contribution in [0, 0.1) is 0 Å². The fraction of sp³-hybridized carbons (Fsp3) is 0.179. The maximum atomic E-state index is 13.6. The molecule has 1 unspecified atom stereocenters. The Balaban J connectivity index is 1.60. The number of carbonyl (C=O) groups is 1. The van der Waals surface area contributed by atoms with Crippen LogP contribution in [0.3, 0.4) is 0 Å². The lowest BCUT2D eigenvalue weighted by atomic mass is 9.96. The van der Waals surface area contributed by atoms with Crippen LogP contribution in [0.2, 0.25) is 5.02 Å². The molecule has 200 valence electrons. The largest absolute Gasteiger partial charge is 0.463 e. The molecule has 0 radical (unpaired) electrons. The number of esters is 1. The number of benzene rings is 2. The van der Waals surface area contributed by atoms with Gasteiger partial charge in [0.1, 0.15) is 11.5 Å². The summed E-state index contributed by atoms with van der Waals surface area (Å²) in [6.45, 7) is 3.53. The Morgan fingerprint density at radius 2 is 1.92 bits per heavy atom. The normalized spacial score (nSPS) is 15.7. The monoisotopic (exact) mass is 572 g/mol. The number of halogens is 4. The first-order valence-corrected chi connectivity index (χ1v) is 13.0. The average molecular weight is 573 g/mol. The van der Waals surface area contributed by atoms with E-state index < -0.39 is 29.3 Å². The highest BCUT2D eigenvalue weighted by Gasteiger charge is 2.33. The number of furan rings is 1. The van der Waals surface area contributed by atoms with Crippen molar-refractivity contribution in [3.63, 3.8) is 0 Å². The van der Waals surface area contributed by atoms with E-state index in [0.717, 1.165) is 23.5 Å². The number of fused-ring (bicyclic) bond motifs is 1. The Hall–Kier alpha value is -3.89. The zero-order valence-electron chi connectivity index (χ0n) is 20.6. The number of rotatable bonds is 5. The number of allylic oxidation sites excluding steroid dienone is 1. The van der Waals surface area contributed by atoms with Gasteiger partial charge in [0.05, 0.1) is 34.0 Å². The van der Waals surface area contributed by atoms with Crippen molar-refractivity contribution >= 4 is 35.0 Å². The number of ether oxygens (including phenoxy) is 1. The van der Waals surface area contributed by atoms with E-state index in [2.05, 4.69) is 4.99 Å². The number of hydrogen-bond donors (Lipinski definition) is 0. The van der Waals surface area contributed by atoms with Crippen LogP contribution >= 0.6 is 22.9 Å². The van der Waals surface area contributed by atoms with E-state index in [9.17, 15) is 22.8 Å². The average Bonchev–Trinajstić information content (AvgIpc) is 3.48. The molecule has 0 saturated carbocycles. The zero-order chi connectivity index (χ0) is 27.9. The maximum absolute atomic E-state index is 13.6. The molecule has 1 aliphatic heterocycles. The SMILES string of the molecule is CCOC(=O)C1=C(C)N=c2sc(=Cc3ccc(-c4cccc(C(F)(F)F)c4)o3)c(=O)n2C1c1ccc(Cl)cc1. The van der Waals surface area contributed by atoms with Gasteiger partial charge in [0.2, 0.25) is 0 Å². The molecule has 2 aromatic carbocycles. The fourth-order valence-electron chi connectivity index (χ4n) is 4.32. The second-order valence-corrected chi connectivity index (χ2v) is 10.1. The van der Waals surface area contributed by atoms with Crippen LogP contribution < -0.4 is 14.9 Å². The molecule has 1 atom stereocenters. The van der Waals surface area contributed by atoms with Crippen molar-refractivity contribution < 1.29 is 27.1 Å². The van der Waals surface area contributed by atoms with Crippen molar-refractivity contribution in [3.8, 4) is 11.3 Å². The predicted octanol–water partition coefficient (Wildman–Crippen LogP) is 5.73. The van der Waals surface area contributed by atoms with E-state index in [4.69, 9.17) is 20.8 Å². The number of alkyl halides is 3. The highest BCUT2D eigenvalue weighted by Crippen LogP contribution is 2.33. The molecule has 0 saturated heterocycles. The summed E-state index contributed by atoms with van der Waals surface area (Å²) >= 11 is 7.18. The maximum Gasteiger partial charge on any atom is 0.416 e. The fourth-order valence-corrected chi connectivity index (χ4v) is 5.47. The molecule has 0 N–H and O–H groups in total. The second-order valence-electron chi connectivity index (χ2n) is 8.63. The van der Waals surface area contributed by atoms with Crippen molar-refractivity contribution in [1.29, 1.82) is 0 Å². The first kappa shape index (κ1) is 26.7. The summed E-state index contributed by atoms with van der Waals surface area (Å²) in [6, 6.07) is 13.9. The highest BCUT2D eigenvalue weighted by molar-refractivity contribution is 7.07. The van der Waals surface area contributed by atoms with Gasteiger partial charge in [0.15, 0.2) is 4.80 Å². The van der Waals surface area contributed by atoms with Gasteiger partial charge in [-0.25, -0.2) is 9.79 Å². The molecule has 5 rings (SSSR count). The molecule has 0 bridgehead atoms. The Kier molecular flexibility index (Phi) is 7.09. The van der Waals surface area contributed by atoms with Crippen LogP contribution in [0.4, 0.5) is 13.2 Å². The summed E-state index contributed by atoms with van der Waals surface area (Å²) in [5.41, 5.74) is 0.359. The number of thiazole rings is 1. The number of nitrogens with zero attached hydrogens (tertiary/aromatic N) is 2. The molecule has 6 nitrogen and oxygen atoms in total. The summed E-state index contributed by atoms with van der Waals surface area (Å²) < 4.78 is 52.1. The van der Waals surface area contributed by atoms with Crippen molar-refractivity contribution in [2.75, 3.05) is 6.61 Å². The Morgan fingerprint density at radius 3 is 2.62 bits per heavy atom. The van der Waals surface area contributed by atoms with E-state index in [0.29, 0.717) is 21.1 Å². The molecule has 0 aliphatic carbocycles.